The van der Waals surface area contributed by atoms with E-state index in [4.69, 9.17) is 5.73 Å². The zero-order valence-corrected chi connectivity index (χ0v) is 13.5. The number of halogens is 1. The van der Waals surface area contributed by atoms with Crippen molar-refractivity contribution >= 4 is 28.4 Å². The highest BCUT2D eigenvalue weighted by Gasteiger charge is 2.13. The molecular weight excluding hydrogens is 351 g/mol. The lowest BCUT2D eigenvalue weighted by Gasteiger charge is -2.10. The fourth-order valence-electron chi connectivity index (χ4n) is 1.81. The summed E-state index contributed by atoms with van der Waals surface area (Å²) in [6, 6.07) is 3.93. The second-order valence-corrected chi connectivity index (χ2v) is 6.09. The highest BCUT2D eigenvalue weighted by molar-refractivity contribution is 14.1. The standard InChI is InChI=1S/C14H17IN4/c1-8(2)6-10-12(15)13(16)19-14(18-10)11-7-9(3)4-5-17-11/h4-5,7-8H,6H2,1-3H3,(H2,16,18,19). The molecule has 0 bridgehead atoms. The van der Waals surface area contributed by atoms with Gasteiger partial charge >= 0.3 is 0 Å². The number of hydrogen-bond donors (Lipinski definition) is 1. The van der Waals surface area contributed by atoms with Crippen molar-refractivity contribution in [2.24, 2.45) is 5.92 Å². The number of hydrogen-bond acceptors (Lipinski definition) is 4. The summed E-state index contributed by atoms with van der Waals surface area (Å²) in [4.78, 5) is 13.3. The summed E-state index contributed by atoms with van der Waals surface area (Å²) in [5.74, 6) is 1.67. The third-order valence-electron chi connectivity index (χ3n) is 2.69. The number of aromatic nitrogens is 3. The lowest BCUT2D eigenvalue weighted by Crippen LogP contribution is -2.08. The monoisotopic (exact) mass is 368 g/mol. The normalized spacial score (nSPS) is 11.0. The van der Waals surface area contributed by atoms with Gasteiger partial charge in [0, 0.05) is 6.20 Å². The molecule has 2 N–H and O–H groups in total. The van der Waals surface area contributed by atoms with Crippen LogP contribution in [0.1, 0.15) is 25.1 Å². The topological polar surface area (TPSA) is 64.7 Å². The Labute approximate surface area is 127 Å². The first-order valence-electron chi connectivity index (χ1n) is 6.22. The van der Waals surface area contributed by atoms with E-state index < -0.39 is 0 Å². The summed E-state index contributed by atoms with van der Waals surface area (Å²) < 4.78 is 0.947. The summed E-state index contributed by atoms with van der Waals surface area (Å²) >= 11 is 2.21. The van der Waals surface area contributed by atoms with Crippen molar-refractivity contribution in [1.82, 2.24) is 15.0 Å². The van der Waals surface area contributed by atoms with Gasteiger partial charge in [0.25, 0.3) is 0 Å². The molecule has 0 amide bonds. The molecule has 0 aromatic carbocycles. The minimum Gasteiger partial charge on any atom is -0.383 e. The molecule has 0 atom stereocenters. The summed E-state index contributed by atoms with van der Waals surface area (Å²) in [7, 11) is 0. The van der Waals surface area contributed by atoms with Crippen molar-refractivity contribution in [2.45, 2.75) is 27.2 Å². The van der Waals surface area contributed by atoms with E-state index in [0.29, 0.717) is 17.6 Å². The lowest BCUT2D eigenvalue weighted by atomic mass is 10.1. The van der Waals surface area contributed by atoms with Crippen LogP contribution < -0.4 is 5.73 Å². The van der Waals surface area contributed by atoms with Crippen molar-refractivity contribution in [3.05, 3.63) is 33.2 Å². The Kier molecular flexibility index (Phi) is 4.34. The van der Waals surface area contributed by atoms with Crippen LogP contribution in [0.5, 0.6) is 0 Å². The number of nitrogens with zero attached hydrogens (tertiary/aromatic N) is 3. The second kappa shape index (κ2) is 5.81. The molecule has 19 heavy (non-hydrogen) atoms. The molecule has 2 rings (SSSR count). The molecule has 2 heterocycles. The van der Waals surface area contributed by atoms with E-state index >= 15 is 0 Å². The molecule has 2 aromatic rings. The van der Waals surface area contributed by atoms with Crippen molar-refractivity contribution in [3.8, 4) is 11.5 Å². The van der Waals surface area contributed by atoms with Gasteiger partial charge in [-0.25, -0.2) is 9.97 Å². The maximum Gasteiger partial charge on any atom is 0.180 e. The van der Waals surface area contributed by atoms with Crippen LogP contribution in [0, 0.1) is 16.4 Å². The molecular formula is C14H17IN4. The van der Waals surface area contributed by atoms with Crippen LogP contribution in [0.2, 0.25) is 0 Å². The summed E-state index contributed by atoms with van der Waals surface area (Å²) in [5.41, 5.74) is 8.89. The molecule has 0 fully saturated rings. The number of aryl methyl sites for hydroxylation is 1. The molecule has 2 aromatic heterocycles. The van der Waals surface area contributed by atoms with Gasteiger partial charge in [0.2, 0.25) is 0 Å². The Morgan fingerprint density at radius 2 is 2.05 bits per heavy atom. The van der Waals surface area contributed by atoms with E-state index in [1.165, 1.54) is 0 Å². The summed E-state index contributed by atoms with van der Waals surface area (Å²) in [5, 5.41) is 0. The average molecular weight is 368 g/mol. The highest BCUT2D eigenvalue weighted by Crippen LogP contribution is 2.23. The van der Waals surface area contributed by atoms with Crippen molar-refractivity contribution in [1.29, 1.82) is 0 Å². The molecule has 0 saturated heterocycles. The Morgan fingerprint density at radius 1 is 1.32 bits per heavy atom. The van der Waals surface area contributed by atoms with Gasteiger partial charge in [0.05, 0.1) is 9.26 Å². The molecule has 4 nitrogen and oxygen atoms in total. The quantitative estimate of drug-likeness (QED) is 0.845. The summed E-state index contributed by atoms with van der Waals surface area (Å²) in [6.45, 7) is 6.36. The fraction of sp³-hybridized carbons (Fsp3) is 0.357. The van der Waals surface area contributed by atoms with E-state index in [1.807, 2.05) is 19.1 Å². The molecule has 0 spiro atoms. The molecule has 0 saturated carbocycles. The number of pyridine rings is 1. The molecule has 0 aliphatic carbocycles. The Balaban J connectivity index is 2.50. The Morgan fingerprint density at radius 3 is 2.68 bits per heavy atom. The molecule has 5 heteroatoms. The van der Waals surface area contributed by atoms with Crippen molar-refractivity contribution in [2.75, 3.05) is 5.73 Å². The zero-order valence-electron chi connectivity index (χ0n) is 11.3. The first-order valence-corrected chi connectivity index (χ1v) is 7.30. The zero-order chi connectivity index (χ0) is 14.0. The van der Waals surface area contributed by atoms with Crippen molar-refractivity contribution < 1.29 is 0 Å². The number of nitrogen functional groups attached to an aromatic ring is 1. The van der Waals surface area contributed by atoms with E-state index in [0.717, 1.165) is 26.9 Å². The maximum absolute atomic E-state index is 5.99. The molecule has 100 valence electrons. The molecule has 0 unspecified atom stereocenters. The predicted molar refractivity (Wildman–Crippen MR) is 85.7 cm³/mol. The largest absolute Gasteiger partial charge is 0.383 e. The van der Waals surface area contributed by atoms with Gasteiger partial charge in [-0.2, -0.15) is 0 Å². The minimum absolute atomic E-state index is 0.529. The molecule has 0 radical (unpaired) electrons. The van der Waals surface area contributed by atoms with Crippen LogP contribution in [-0.4, -0.2) is 15.0 Å². The van der Waals surface area contributed by atoms with Crippen LogP contribution in [0.4, 0.5) is 5.82 Å². The third kappa shape index (κ3) is 3.40. The van der Waals surface area contributed by atoms with Crippen LogP contribution in [0.3, 0.4) is 0 Å². The molecule has 0 aliphatic rings. The van der Waals surface area contributed by atoms with Gasteiger partial charge in [-0.15, -0.1) is 0 Å². The average Bonchev–Trinajstić information content (AvgIpc) is 2.34. The van der Waals surface area contributed by atoms with Gasteiger partial charge in [0.15, 0.2) is 5.82 Å². The maximum atomic E-state index is 5.99. The number of nitrogens with two attached hydrogens (primary N) is 1. The lowest BCUT2D eigenvalue weighted by molar-refractivity contribution is 0.632. The Hall–Kier alpha value is -1.24. The van der Waals surface area contributed by atoms with E-state index in [1.54, 1.807) is 6.20 Å². The van der Waals surface area contributed by atoms with E-state index in [9.17, 15) is 0 Å². The Bertz CT molecular complexity index is 596. The van der Waals surface area contributed by atoms with Gasteiger partial charge in [0.1, 0.15) is 11.5 Å². The van der Waals surface area contributed by atoms with Crippen LogP contribution in [0.15, 0.2) is 18.3 Å². The number of anilines is 1. The minimum atomic E-state index is 0.529. The van der Waals surface area contributed by atoms with Gasteiger partial charge in [-0.1, -0.05) is 13.8 Å². The van der Waals surface area contributed by atoms with E-state index in [2.05, 4.69) is 51.4 Å². The molecule has 0 aliphatic heterocycles. The van der Waals surface area contributed by atoms with Crippen LogP contribution in [-0.2, 0) is 6.42 Å². The highest BCUT2D eigenvalue weighted by atomic mass is 127. The third-order valence-corrected chi connectivity index (χ3v) is 3.87. The predicted octanol–water partition coefficient (Wildman–Crippen LogP) is 3.23. The SMILES string of the molecule is Cc1ccnc(-c2nc(N)c(I)c(CC(C)C)n2)c1. The van der Waals surface area contributed by atoms with Crippen molar-refractivity contribution in [3.63, 3.8) is 0 Å². The second-order valence-electron chi connectivity index (χ2n) is 5.01. The van der Waals surface area contributed by atoms with E-state index in [-0.39, 0.29) is 0 Å². The van der Waals surface area contributed by atoms with Gasteiger partial charge < -0.3 is 5.73 Å². The van der Waals surface area contributed by atoms with Crippen LogP contribution >= 0.6 is 22.6 Å². The van der Waals surface area contributed by atoms with Gasteiger partial charge in [-0.3, -0.25) is 4.98 Å². The van der Waals surface area contributed by atoms with Crippen LogP contribution in [0.25, 0.3) is 11.5 Å². The first-order chi connectivity index (χ1) is 8.97. The number of rotatable bonds is 3. The first kappa shape index (κ1) is 14.2. The fourth-order valence-corrected chi connectivity index (χ4v) is 2.27. The van der Waals surface area contributed by atoms with Gasteiger partial charge in [-0.05, 0) is 59.5 Å². The smallest absolute Gasteiger partial charge is 0.180 e. The summed E-state index contributed by atoms with van der Waals surface area (Å²) in [6.07, 6.45) is 2.66.